The molecule has 0 saturated carbocycles. The van der Waals surface area contributed by atoms with E-state index in [1.54, 1.807) is 20.4 Å². The standard InChI is InChI=1S/C22H25N3O3S/c1-15-7-5-6-8-18(15)25-12-11-23-22(25)29-16(2)21(26)24-14-17-9-10-19(27-3)20(13-17)28-4/h5-13,16H,14H2,1-4H3,(H,24,26). The molecule has 0 aliphatic heterocycles. The highest BCUT2D eigenvalue weighted by Gasteiger charge is 2.18. The Balaban J connectivity index is 1.64. The largest absolute Gasteiger partial charge is 0.493 e. The summed E-state index contributed by atoms with van der Waals surface area (Å²) in [6.07, 6.45) is 3.67. The third-order valence-corrected chi connectivity index (χ3v) is 5.63. The van der Waals surface area contributed by atoms with Crippen LogP contribution in [-0.2, 0) is 11.3 Å². The van der Waals surface area contributed by atoms with Crippen LogP contribution in [0.4, 0.5) is 0 Å². The average Bonchev–Trinajstić information content (AvgIpc) is 3.19. The van der Waals surface area contributed by atoms with Gasteiger partial charge in [-0.1, -0.05) is 36.0 Å². The molecule has 1 aromatic heterocycles. The topological polar surface area (TPSA) is 65.4 Å². The molecular weight excluding hydrogens is 386 g/mol. The summed E-state index contributed by atoms with van der Waals surface area (Å²) >= 11 is 1.43. The van der Waals surface area contributed by atoms with Crippen LogP contribution in [-0.4, -0.2) is 34.9 Å². The lowest BCUT2D eigenvalue weighted by molar-refractivity contribution is -0.120. The van der Waals surface area contributed by atoms with Gasteiger partial charge in [-0.05, 0) is 43.2 Å². The van der Waals surface area contributed by atoms with Crippen molar-refractivity contribution in [3.8, 4) is 17.2 Å². The second-order valence-corrected chi connectivity index (χ2v) is 7.84. The van der Waals surface area contributed by atoms with E-state index in [9.17, 15) is 4.79 Å². The Morgan fingerprint density at radius 1 is 1.17 bits per heavy atom. The third kappa shape index (κ3) is 4.92. The molecular formula is C22H25N3O3S. The van der Waals surface area contributed by atoms with Crippen LogP contribution in [0.25, 0.3) is 5.69 Å². The van der Waals surface area contributed by atoms with Gasteiger partial charge in [0.05, 0.1) is 25.2 Å². The molecule has 0 aliphatic carbocycles. The first-order valence-corrected chi connectivity index (χ1v) is 10.2. The first-order chi connectivity index (χ1) is 14.0. The highest BCUT2D eigenvalue weighted by Crippen LogP contribution is 2.28. The van der Waals surface area contributed by atoms with Gasteiger partial charge in [-0.3, -0.25) is 9.36 Å². The molecule has 0 bridgehead atoms. The molecule has 152 valence electrons. The number of nitrogens with zero attached hydrogens (tertiary/aromatic N) is 2. The number of aromatic nitrogens is 2. The quantitative estimate of drug-likeness (QED) is 0.568. The van der Waals surface area contributed by atoms with Crippen LogP contribution >= 0.6 is 11.8 Å². The minimum absolute atomic E-state index is 0.0517. The second kappa shape index (κ2) is 9.52. The minimum atomic E-state index is -0.291. The van der Waals surface area contributed by atoms with Crippen molar-refractivity contribution in [3.05, 3.63) is 66.0 Å². The molecule has 3 aromatic rings. The second-order valence-electron chi connectivity index (χ2n) is 6.53. The average molecular weight is 412 g/mol. The van der Waals surface area contributed by atoms with Crippen LogP contribution in [0.3, 0.4) is 0 Å². The van der Waals surface area contributed by atoms with Crippen molar-refractivity contribution in [1.29, 1.82) is 0 Å². The molecule has 0 spiro atoms. The van der Waals surface area contributed by atoms with E-state index in [-0.39, 0.29) is 11.2 Å². The number of hydrogen-bond donors (Lipinski definition) is 1. The van der Waals surface area contributed by atoms with E-state index >= 15 is 0 Å². The fourth-order valence-corrected chi connectivity index (χ4v) is 3.83. The highest BCUT2D eigenvalue weighted by atomic mass is 32.2. The van der Waals surface area contributed by atoms with Crippen LogP contribution in [0.1, 0.15) is 18.1 Å². The smallest absolute Gasteiger partial charge is 0.233 e. The predicted octanol–water partition coefficient (Wildman–Crippen LogP) is 3.99. The number of benzene rings is 2. The molecule has 6 nitrogen and oxygen atoms in total. The van der Waals surface area contributed by atoms with Gasteiger partial charge in [0.15, 0.2) is 16.7 Å². The Morgan fingerprint density at radius 3 is 2.66 bits per heavy atom. The molecule has 29 heavy (non-hydrogen) atoms. The summed E-state index contributed by atoms with van der Waals surface area (Å²) in [6.45, 7) is 4.35. The number of aryl methyl sites for hydroxylation is 1. The number of para-hydroxylation sites is 1. The van der Waals surface area contributed by atoms with E-state index in [2.05, 4.69) is 23.3 Å². The number of amides is 1. The Kier molecular flexibility index (Phi) is 6.82. The van der Waals surface area contributed by atoms with Gasteiger partial charge in [0.2, 0.25) is 5.91 Å². The van der Waals surface area contributed by atoms with Gasteiger partial charge in [0, 0.05) is 18.9 Å². The van der Waals surface area contributed by atoms with Crippen molar-refractivity contribution in [2.45, 2.75) is 30.8 Å². The SMILES string of the molecule is COc1ccc(CNC(=O)C(C)Sc2nccn2-c2ccccc2C)cc1OC. The molecule has 0 fully saturated rings. The van der Waals surface area contributed by atoms with E-state index in [1.165, 1.54) is 11.8 Å². The van der Waals surface area contributed by atoms with Crippen molar-refractivity contribution >= 4 is 17.7 Å². The molecule has 2 aromatic carbocycles. The van der Waals surface area contributed by atoms with Crippen molar-refractivity contribution in [3.63, 3.8) is 0 Å². The highest BCUT2D eigenvalue weighted by molar-refractivity contribution is 8.00. The molecule has 1 N–H and O–H groups in total. The van der Waals surface area contributed by atoms with Crippen molar-refractivity contribution < 1.29 is 14.3 Å². The lowest BCUT2D eigenvalue weighted by Crippen LogP contribution is -2.30. The fraction of sp³-hybridized carbons (Fsp3) is 0.273. The molecule has 0 saturated heterocycles. The maximum Gasteiger partial charge on any atom is 0.233 e. The summed E-state index contributed by atoms with van der Waals surface area (Å²) in [5.41, 5.74) is 3.15. The van der Waals surface area contributed by atoms with Crippen LogP contribution in [0.5, 0.6) is 11.5 Å². The zero-order valence-electron chi connectivity index (χ0n) is 17.0. The molecule has 0 radical (unpaired) electrons. The maximum atomic E-state index is 12.6. The zero-order valence-corrected chi connectivity index (χ0v) is 17.8. The number of methoxy groups -OCH3 is 2. The molecule has 1 heterocycles. The molecule has 1 atom stereocenters. The van der Waals surface area contributed by atoms with Crippen LogP contribution < -0.4 is 14.8 Å². The Bertz CT molecular complexity index is 987. The summed E-state index contributed by atoms with van der Waals surface area (Å²) in [7, 11) is 3.19. The van der Waals surface area contributed by atoms with Gasteiger partial charge in [0.25, 0.3) is 0 Å². The van der Waals surface area contributed by atoms with Gasteiger partial charge < -0.3 is 14.8 Å². The Hall–Kier alpha value is -2.93. The Morgan fingerprint density at radius 2 is 1.93 bits per heavy atom. The van der Waals surface area contributed by atoms with Gasteiger partial charge in [0.1, 0.15) is 0 Å². The minimum Gasteiger partial charge on any atom is -0.493 e. The third-order valence-electron chi connectivity index (χ3n) is 4.55. The van der Waals surface area contributed by atoms with Crippen LogP contribution in [0, 0.1) is 6.92 Å². The summed E-state index contributed by atoms with van der Waals surface area (Å²) in [5, 5.41) is 3.47. The van der Waals surface area contributed by atoms with E-state index < -0.39 is 0 Å². The van der Waals surface area contributed by atoms with Gasteiger partial charge in [-0.2, -0.15) is 0 Å². The fourth-order valence-electron chi connectivity index (χ4n) is 2.93. The number of thioether (sulfide) groups is 1. The zero-order chi connectivity index (χ0) is 20.8. The number of carbonyl (C=O) groups excluding carboxylic acids is 1. The van der Waals surface area contributed by atoms with E-state index in [0.29, 0.717) is 18.0 Å². The van der Waals surface area contributed by atoms with Gasteiger partial charge in [-0.15, -0.1) is 0 Å². The van der Waals surface area contributed by atoms with Gasteiger partial charge >= 0.3 is 0 Å². The summed E-state index contributed by atoms with van der Waals surface area (Å²) in [5.74, 6) is 1.25. The Labute approximate surface area is 175 Å². The molecule has 0 aliphatic rings. The maximum absolute atomic E-state index is 12.6. The lowest BCUT2D eigenvalue weighted by atomic mass is 10.2. The van der Waals surface area contributed by atoms with Crippen molar-refractivity contribution in [2.24, 2.45) is 0 Å². The van der Waals surface area contributed by atoms with E-state index in [4.69, 9.17) is 9.47 Å². The summed E-state index contributed by atoms with van der Waals surface area (Å²) in [4.78, 5) is 17.0. The molecule has 7 heteroatoms. The number of imidazole rings is 1. The number of rotatable bonds is 8. The van der Waals surface area contributed by atoms with Crippen molar-refractivity contribution in [2.75, 3.05) is 14.2 Å². The number of nitrogens with one attached hydrogen (secondary N) is 1. The van der Waals surface area contributed by atoms with Crippen molar-refractivity contribution in [1.82, 2.24) is 14.9 Å². The first kappa shape index (κ1) is 20.8. The monoisotopic (exact) mass is 411 g/mol. The number of ether oxygens (including phenoxy) is 2. The molecule has 3 rings (SSSR count). The normalized spacial score (nSPS) is 11.7. The number of hydrogen-bond acceptors (Lipinski definition) is 5. The molecule has 1 amide bonds. The summed E-state index contributed by atoms with van der Waals surface area (Å²) in [6, 6.07) is 13.7. The number of carbonyl (C=O) groups is 1. The van der Waals surface area contributed by atoms with E-state index in [0.717, 1.165) is 22.0 Å². The van der Waals surface area contributed by atoms with Crippen LogP contribution in [0.2, 0.25) is 0 Å². The first-order valence-electron chi connectivity index (χ1n) is 9.28. The summed E-state index contributed by atoms with van der Waals surface area (Å²) < 4.78 is 12.6. The van der Waals surface area contributed by atoms with Crippen LogP contribution in [0.15, 0.2) is 60.0 Å². The van der Waals surface area contributed by atoms with E-state index in [1.807, 2.05) is 54.1 Å². The van der Waals surface area contributed by atoms with Gasteiger partial charge in [-0.25, -0.2) is 4.98 Å². The lowest BCUT2D eigenvalue weighted by Gasteiger charge is -2.15. The molecule has 1 unspecified atom stereocenters. The predicted molar refractivity (Wildman–Crippen MR) is 115 cm³/mol.